The number of nitrogens with zero attached hydrogens (tertiary/aromatic N) is 1. The minimum absolute atomic E-state index is 0.0189. The maximum atomic E-state index is 13.7. The molecule has 4 heteroatoms. The molecule has 0 spiro atoms. The minimum Gasteiger partial charge on any atom is -0.454 e. The smallest absolute Gasteiger partial charge is 0.201 e. The van der Waals surface area contributed by atoms with Crippen LogP contribution < -0.4 is 5.43 Å². The summed E-state index contributed by atoms with van der Waals surface area (Å²) in [5, 5.41) is 8.45. The summed E-state index contributed by atoms with van der Waals surface area (Å²) < 4.78 is 6.44. The van der Waals surface area contributed by atoms with Crippen LogP contribution in [-0.2, 0) is 0 Å². The summed E-state index contributed by atoms with van der Waals surface area (Å²) in [7, 11) is 0. The van der Waals surface area contributed by atoms with Gasteiger partial charge in [0.15, 0.2) is 0 Å². The second kappa shape index (κ2) is 6.70. The lowest BCUT2D eigenvalue weighted by Crippen LogP contribution is -2.09. The second-order valence-corrected chi connectivity index (χ2v) is 8.02. The predicted molar refractivity (Wildman–Crippen MR) is 120 cm³/mol. The molecule has 0 atom stereocenters. The highest BCUT2D eigenvalue weighted by Gasteiger charge is 2.22. The van der Waals surface area contributed by atoms with Gasteiger partial charge < -0.3 is 4.42 Å². The zero-order valence-corrected chi connectivity index (χ0v) is 16.4. The van der Waals surface area contributed by atoms with Crippen LogP contribution in [0.25, 0.3) is 44.3 Å². The van der Waals surface area contributed by atoms with E-state index in [2.05, 4.69) is 34.5 Å². The van der Waals surface area contributed by atoms with Crippen molar-refractivity contribution < 1.29 is 4.42 Å². The van der Waals surface area contributed by atoms with E-state index < -0.39 is 0 Å². The molecule has 2 heterocycles. The van der Waals surface area contributed by atoms with E-state index in [4.69, 9.17) is 4.42 Å². The molecule has 1 fully saturated rings. The fourth-order valence-corrected chi connectivity index (χ4v) is 4.39. The van der Waals surface area contributed by atoms with Gasteiger partial charge in [0, 0.05) is 5.56 Å². The summed E-state index contributed by atoms with van der Waals surface area (Å²) in [4.78, 5) is 13.7. The molecule has 5 aromatic rings. The normalized spacial score (nSPS) is 14.3. The van der Waals surface area contributed by atoms with Crippen LogP contribution in [0.15, 0.2) is 82.1 Å². The highest BCUT2D eigenvalue weighted by Crippen LogP contribution is 2.38. The van der Waals surface area contributed by atoms with E-state index in [1.165, 1.54) is 24.8 Å². The van der Waals surface area contributed by atoms with Gasteiger partial charge in [-0.3, -0.25) is 9.89 Å². The van der Waals surface area contributed by atoms with Gasteiger partial charge in [0.1, 0.15) is 11.3 Å². The topological polar surface area (TPSA) is 58.9 Å². The highest BCUT2D eigenvalue weighted by molar-refractivity contribution is 6.04. The first kappa shape index (κ1) is 17.2. The van der Waals surface area contributed by atoms with E-state index in [0.29, 0.717) is 28.2 Å². The van der Waals surface area contributed by atoms with Crippen LogP contribution in [0.2, 0.25) is 0 Å². The molecule has 0 saturated heterocycles. The van der Waals surface area contributed by atoms with Gasteiger partial charge in [0.05, 0.1) is 28.0 Å². The van der Waals surface area contributed by atoms with E-state index in [1.807, 2.05) is 42.5 Å². The Kier molecular flexibility index (Phi) is 3.85. The van der Waals surface area contributed by atoms with Crippen molar-refractivity contribution in [2.75, 3.05) is 0 Å². The van der Waals surface area contributed by atoms with Gasteiger partial charge in [0.2, 0.25) is 5.43 Å². The number of aromatic amines is 1. The Morgan fingerprint density at radius 2 is 1.67 bits per heavy atom. The zero-order chi connectivity index (χ0) is 20.1. The molecule has 30 heavy (non-hydrogen) atoms. The second-order valence-electron chi connectivity index (χ2n) is 8.02. The number of aromatic nitrogens is 2. The molecule has 0 unspecified atom stereocenters. The van der Waals surface area contributed by atoms with Gasteiger partial charge in [0.25, 0.3) is 0 Å². The van der Waals surface area contributed by atoms with Crippen LogP contribution in [0.3, 0.4) is 0 Å². The first-order chi connectivity index (χ1) is 14.8. The third kappa shape index (κ3) is 2.61. The third-order valence-corrected chi connectivity index (χ3v) is 6.29. The summed E-state index contributed by atoms with van der Waals surface area (Å²) in [6, 6.07) is 22.0. The lowest BCUT2D eigenvalue weighted by molar-refractivity contribution is 0.420. The van der Waals surface area contributed by atoms with Gasteiger partial charge in [-0.25, -0.2) is 0 Å². The molecule has 3 aromatic carbocycles. The number of nitrogens with one attached hydrogen (secondary N) is 1. The first-order valence-corrected chi connectivity index (χ1v) is 10.4. The molecule has 0 aliphatic heterocycles. The quantitative estimate of drug-likeness (QED) is 0.394. The predicted octanol–water partition coefficient (Wildman–Crippen LogP) is 6.27. The number of rotatable bonds is 3. The summed E-state index contributed by atoms with van der Waals surface area (Å²) in [6.07, 6.45) is 5.53. The van der Waals surface area contributed by atoms with Crippen molar-refractivity contribution in [3.05, 3.63) is 88.7 Å². The van der Waals surface area contributed by atoms with Crippen molar-refractivity contribution in [1.29, 1.82) is 0 Å². The molecule has 1 aliphatic rings. The lowest BCUT2D eigenvalue weighted by atomic mass is 9.80. The number of fused-ring (bicyclic) bond motifs is 3. The lowest BCUT2D eigenvalue weighted by Gasteiger charge is -2.25. The summed E-state index contributed by atoms with van der Waals surface area (Å²) in [6.45, 7) is 0. The molecule has 1 aliphatic carbocycles. The van der Waals surface area contributed by atoms with Gasteiger partial charge in [-0.05, 0) is 42.0 Å². The van der Waals surface area contributed by atoms with E-state index in [-0.39, 0.29) is 5.43 Å². The van der Waals surface area contributed by atoms with Crippen molar-refractivity contribution in [2.24, 2.45) is 0 Å². The van der Waals surface area contributed by atoms with Crippen molar-refractivity contribution in [2.45, 2.75) is 25.2 Å². The Hall–Kier alpha value is -3.66. The van der Waals surface area contributed by atoms with Gasteiger partial charge in [-0.15, -0.1) is 0 Å². The highest BCUT2D eigenvalue weighted by atomic mass is 16.3. The first-order valence-electron chi connectivity index (χ1n) is 10.4. The molecule has 2 aromatic heterocycles. The average molecular weight is 392 g/mol. The zero-order valence-electron chi connectivity index (χ0n) is 16.4. The molecule has 6 rings (SSSR count). The fraction of sp³-hybridized carbons (Fsp3) is 0.154. The van der Waals surface area contributed by atoms with Crippen LogP contribution in [0.4, 0.5) is 0 Å². The van der Waals surface area contributed by atoms with Crippen LogP contribution >= 0.6 is 0 Å². The standard InChI is InChI=1S/C26H20N2O2/c29-24-20-13-14-22-21(15-27-28-22)26(20)30-25(19-5-2-1-3-6-19)23(24)18-11-9-17(10-12-18)16-7-4-8-16/h1-3,5-6,9-16H,4,7-8H2,(H,27,28). The Labute approximate surface area is 173 Å². The van der Waals surface area contributed by atoms with E-state index in [0.717, 1.165) is 22.0 Å². The number of benzene rings is 3. The van der Waals surface area contributed by atoms with Gasteiger partial charge in [-0.2, -0.15) is 5.10 Å². The molecule has 0 amide bonds. The number of hydrogen-bond acceptors (Lipinski definition) is 3. The summed E-state index contributed by atoms with van der Waals surface area (Å²) in [5.74, 6) is 1.26. The molecule has 1 saturated carbocycles. The molecular formula is C26H20N2O2. The van der Waals surface area contributed by atoms with Crippen molar-refractivity contribution >= 4 is 21.9 Å². The Morgan fingerprint density at radius 3 is 2.40 bits per heavy atom. The van der Waals surface area contributed by atoms with E-state index >= 15 is 0 Å². The summed E-state index contributed by atoms with van der Waals surface area (Å²) in [5.41, 5.74) is 5.14. The molecule has 1 N–H and O–H groups in total. The fourth-order valence-electron chi connectivity index (χ4n) is 4.39. The van der Waals surface area contributed by atoms with E-state index in [9.17, 15) is 4.79 Å². The van der Waals surface area contributed by atoms with Crippen LogP contribution in [0, 0.1) is 0 Å². The average Bonchev–Trinajstić information content (AvgIpc) is 3.23. The Bertz CT molecular complexity index is 1430. The van der Waals surface area contributed by atoms with Crippen molar-refractivity contribution in [3.63, 3.8) is 0 Å². The molecule has 146 valence electrons. The van der Waals surface area contributed by atoms with Crippen LogP contribution in [0.5, 0.6) is 0 Å². The molecule has 0 radical (unpaired) electrons. The molecule has 0 bridgehead atoms. The summed E-state index contributed by atoms with van der Waals surface area (Å²) >= 11 is 0. The van der Waals surface area contributed by atoms with Crippen LogP contribution in [0.1, 0.15) is 30.7 Å². The van der Waals surface area contributed by atoms with Crippen molar-refractivity contribution in [1.82, 2.24) is 10.2 Å². The molecular weight excluding hydrogens is 372 g/mol. The van der Waals surface area contributed by atoms with E-state index in [1.54, 1.807) is 6.20 Å². The van der Waals surface area contributed by atoms with Gasteiger partial charge >= 0.3 is 0 Å². The minimum atomic E-state index is -0.0189. The molecule has 4 nitrogen and oxygen atoms in total. The maximum absolute atomic E-state index is 13.7. The number of H-pyrrole nitrogens is 1. The number of hydrogen-bond donors (Lipinski definition) is 1. The SMILES string of the molecule is O=c1c(-c2ccc(C3CCC3)cc2)c(-c2ccccc2)oc2c1ccc1[nH]ncc12. The monoisotopic (exact) mass is 392 g/mol. The maximum Gasteiger partial charge on any atom is 0.201 e. The third-order valence-electron chi connectivity index (χ3n) is 6.29. The van der Waals surface area contributed by atoms with Gasteiger partial charge in [-0.1, -0.05) is 61.0 Å². The largest absolute Gasteiger partial charge is 0.454 e. The Morgan fingerprint density at radius 1 is 0.867 bits per heavy atom. The Balaban J connectivity index is 1.64. The van der Waals surface area contributed by atoms with Crippen molar-refractivity contribution in [3.8, 4) is 22.5 Å². The van der Waals surface area contributed by atoms with Crippen LogP contribution in [-0.4, -0.2) is 10.2 Å².